The number of nitrogens with two attached hydrogens (primary N) is 1. The van der Waals surface area contributed by atoms with Crippen LogP contribution in [0, 0.1) is 10.1 Å². The summed E-state index contributed by atoms with van der Waals surface area (Å²) in [6.45, 7) is 1.55. The standard InChI is InChI=1S/C9H12N2O3/c1-6(12)9(10)7-3-2-4-8(5-7)11(13)14/h2-6,9,12H,10H2,1H3/t6-,9-/m1/s1. The summed E-state index contributed by atoms with van der Waals surface area (Å²) >= 11 is 0. The Morgan fingerprint density at radius 2 is 2.21 bits per heavy atom. The topological polar surface area (TPSA) is 89.4 Å². The molecule has 3 N–H and O–H groups in total. The summed E-state index contributed by atoms with van der Waals surface area (Å²) in [7, 11) is 0. The molecule has 0 radical (unpaired) electrons. The first-order chi connectivity index (χ1) is 6.52. The highest BCUT2D eigenvalue weighted by molar-refractivity contribution is 5.35. The molecule has 0 aliphatic rings. The fraction of sp³-hybridized carbons (Fsp3) is 0.333. The highest BCUT2D eigenvalue weighted by Gasteiger charge is 2.14. The van der Waals surface area contributed by atoms with E-state index in [0.29, 0.717) is 5.56 Å². The van der Waals surface area contributed by atoms with E-state index in [0.717, 1.165) is 0 Å². The van der Waals surface area contributed by atoms with Crippen LogP contribution < -0.4 is 5.73 Å². The third-order valence-electron chi connectivity index (χ3n) is 1.99. The third-order valence-corrected chi connectivity index (χ3v) is 1.99. The Labute approximate surface area is 81.3 Å². The number of rotatable bonds is 3. The summed E-state index contributed by atoms with van der Waals surface area (Å²) in [5.41, 5.74) is 6.18. The number of nitro benzene ring substituents is 1. The van der Waals surface area contributed by atoms with E-state index in [1.165, 1.54) is 12.1 Å². The fourth-order valence-corrected chi connectivity index (χ4v) is 1.12. The van der Waals surface area contributed by atoms with Crippen LogP contribution in [0.15, 0.2) is 24.3 Å². The molecule has 0 bridgehead atoms. The minimum absolute atomic E-state index is 0.0152. The van der Waals surface area contributed by atoms with Gasteiger partial charge in [0.1, 0.15) is 0 Å². The number of nitrogens with zero attached hydrogens (tertiary/aromatic N) is 1. The van der Waals surface area contributed by atoms with Crippen molar-refractivity contribution in [3.05, 3.63) is 39.9 Å². The fourth-order valence-electron chi connectivity index (χ4n) is 1.12. The summed E-state index contributed by atoms with van der Waals surface area (Å²) in [6, 6.07) is 5.38. The largest absolute Gasteiger partial charge is 0.391 e. The number of hydrogen-bond donors (Lipinski definition) is 2. The average Bonchev–Trinajstić information content (AvgIpc) is 2.16. The number of aliphatic hydroxyl groups excluding tert-OH is 1. The molecule has 0 saturated heterocycles. The van der Waals surface area contributed by atoms with Gasteiger partial charge in [-0.05, 0) is 12.5 Å². The Morgan fingerprint density at radius 3 is 2.71 bits per heavy atom. The molecule has 0 unspecified atom stereocenters. The van der Waals surface area contributed by atoms with Crippen LogP contribution in [0.2, 0.25) is 0 Å². The number of non-ortho nitro benzene ring substituents is 1. The molecule has 0 aliphatic heterocycles. The molecule has 0 aliphatic carbocycles. The van der Waals surface area contributed by atoms with Crippen molar-refractivity contribution < 1.29 is 10.0 Å². The summed E-state index contributed by atoms with van der Waals surface area (Å²) in [6.07, 6.45) is -0.725. The van der Waals surface area contributed by atoms with Gasteiger partial charge in [-0.3, -0.25) is 10.1 Å². The second-order valence-electron chi connectivity index (χ2n) is 3.12. The molecule has 5 heteroatoms. The van der Waals surface area contributed by atoms with Gasteiger partial charge in [0.25, 0.3) is 5.69 Å². The Balaban J connectivity index is 2.99. The number of nitro groups is 1. The van der Waals surface area contributed by atoms with Gasteiger partial charge in [-0.1, -0.05) is 12.1 Å². The van der Waals surface area contributed by atoms with E-state index in [-0.39, 0.29) is 5.69 Å². The zero-order chi connectivity index (χ0) is 10.7. The minimum Gasteiger partial charge on any atom is -0.391 e. The first-order valence-corrected chi connectivity index (χ1v) is 4.20. The van der Waals surface area contributed by atoms with Crippen molar-refractivity contribution in [2.24, 2.45) is 5.73 Å². The van der Waals surface area contributed by atoms with E-state index in [1.807, 2.05) is 0 Å². The second kappa shape index (κ2) is 4.17. The van der Waals surface area contributed by atoms with E-state index in [9.17, 15) is 15.2 Å². The van der Waals surface area contributed by atoms with E-state index in [1.54, 1.807) is 19.1 Å². The van der Waals surface area contributed by atoms with Crippen LogP contribution in [0.3, 0.4) is 0 Å². The van der Waals surface area contributed by atoms with Crippen molar-refractivity contribution in [3.63, 3.8) is 0 Å². The van der Waals surface area contributed by atoms with Crippen molar-refractivity contribution in [1.82, 2.24) is 0 Å². The molecule has 2 atom stereocenters. The molecule has 0 fully saturated rings. The lowest BCUT2D eigenvalue weighted by Crippen LogP contribution is -2.23. The van der Waals surface area contributed by atoms with Crippen molar-refractivity contribution >= 4 is 5.69 Å². The lowest BCUT2D eigenvalue weighted by molar-refractivity contribution is -0.384. The SMILES string of the molecule is C[C@@H](O)[C@@H](N)c1cccc([N+](=O)[O-])c1. The first kappa shape index (κ1) is 10.6. The van der Waals surface area contributed by atoms with Gasteiger partial charge in [-0.15, -0.1) is 0 Å². The summed E-state index contributed by atoms with van der Waals surface area (Å²) in [4.78, 5) is 9.96. The van der Waals surface area contributed by atoms with E-state index < -0.39 is 17.1 Å². The number of benzene rings is 1. The molecule has 0 aromatic heterocycles. The predicted octanol–water partition coefficient (Wildman–Crippen LogP) is 0.975. The summed E-state index contributed by atoms with van der Waals surface area (Å²) in [5.74, 6) is 0. The predicted molar refractivity (Wildman–Crippen MR) is 51.7 cm³/mol. The van der Waals surface area contributed by atoms with Crippen LogP contribution in [0.4, 0.5) is 5.69 Å². The monoisotopic (exact) mass is 196 g/mol. The normalized spacial score (nSPS) is 14.8. The molecule has 0 spiro atoms. The highest BCUT2D eigenvalue weighted by atomic mass is 16.6. The van der Waals surface area contributed by atoms with Crippen molar-refractivity contribution in [2.75, 3.05) is 0 Å². The highest BCUT2D eigenvalue weighted by Crippen LogP contribution is 2.19. The maximum atomic E-state index is 10.4. The van der Waals surface area contributed by atoms with Crippen LogP contribution in [-0.4, -0.2) is 16.1 Å². The summed E-state index contributed by atoms with van der Waals surface area (Å²) in [5, 5.41) is 19.7. The maximum absolute atomic E-state index is 10.4. The molecule has 0 amide bonds. The quantitative estimate of drug-likeness (QED) is 0.557. The van der Waals surface area contributed by atoms with Gasteiger partial charge in [0.05, 0.1) is 17.1 Å². The van der Waals surface area contributed by atoms with Crippen molar-refractivity contribution in [2.45, 2.75) is 19.1 Å². The Kier molecular flexibility index (Phi) is 3.16. The average molecular weight is 196 g/mol. The van der Waals surface area contributed by atoms with Crippen molar-refractivity contribution in [3.8, 4) is 0 Å². The van der Waals surface area contributed by atoms with Crippen LogP contribution in [0.5, 0.6) is 0 Å². The van der Waals surface area contributed by atoms with E-state index >= 15 is 0 Å². The molecule has 14 heavy (non-hydrogen) atoms. The molecule has 1 aromatic carbocycles. The molecule has 5 nitrogen and oxygen atoms in total. The van der Waals surface area contributed by atoms with Crippen LogP contribution in [0.1, 0.15) is 18.5 Å². The minimum atomic E-state index is -0.725. The molecule has 0 saturated carbocycles. The molecule has 0 heterocycles. The molecular formula is C9H12N2O3. The third kappa shape index (κ3) is 2.27. The Morgan fingerprint density at radius 1 is 1.57 bits per heavy atom. The van der Waals surface area contributed by atoms with Gasteiger partial charge in [0.2, 0.25) is 0 Å². The van der Waals surface area contributed by atoms with E-state index in [4.69, 9.17) is 5.73 Å². The zero-order valence-electron chi connectivity index (χ0n) is 7.75. The molecule has 1 rings (SSSR count). The van der Waals surface area contributed by atoms with Gasteiger partial charge < -0.3 is 10.8 Å². The zero-order valence-corrected chi connectivity index (χ0v) is 7.75. The van der Waals surface area contributed by atoms with Gasteiger partial charge in [0, 0.05) is 12.1 Å². The van der Waals surface area contributed by atoms with Gasteiger partial charge in [-0.25, -0.2) is 0 Å². The van der Waals surface area contributed by atoms with Gasteiger partial charge >= 0.3 is 0 Å². The van der Waals surface area contributed by atoms with Crippen LogP contribution >= 0.6 is 0 Å². The van der Waals surface area contributed by atoms with E-state index in [2.05, 4.69) is 0 Å². The summed E-state index contributed by atoms with van der Waals surface area (Å²) < 4.78 is 0. The second-order valence-corrected chi connectivity index (χ2v) is 3.12. The Hall–Kier alpha value is -1.46. The molecular weight excluding hydrogens is 184 g/mol. The first-order valence-electron chi connectivity index (χ1n) is 4.20. The number of hydrogen-bond acceptors (Lipinski definition) is 4. The van der Waals surface area contributed by atoms with Gasteiger partial charge in [-0.2, -0.15) is 0 Å². The van der Waals surface area contributed by atoms with Crippen molar-refractivity contribution in [1.29, 1.82) is 0 Å². The smallest absolute Gasteiger partial charge is 0.269 e. The molecule has 1 aromatic rings. The van der Waals surface area contributed by atoms with Gasteiger partial charge in [0.15, 0.2) is 0 Å². The molecule has 76 valence electrons. The number of aliphatic hydroxyl groups is 1. The lowest BCUT2D eigenvalue weighted by Gasteiger charge is -2.14. The lowest BCUT2D eigenvalue weighted by atomic mass is 10.0. The Bertz CT molecular complexity index is 339. The van der Waals surface area contributed by atoms with Crippen LogP contribution in [0.25, 0.3) is 0 Å². The van der Waals surface area contributed by atoms with Crippen LogP contribution in [-0.2, 0) is 0 Å². The maximum Gasteiger partial charge on any atom is 0.269 e.